The third kappa shape index (κ3) is 1.68. The second-order valence-electron chi connectivity index (χ2n) is 6.82. The second-order valence-corrected chi connectivity index (χ2v) is 8.01. The summed E-state index contributed by atoms with van der Waals surface area (Å²) in [6.07, 6.45) is 4.52. The van der Waals surface area contributed by atoms with Gasteiger partial charge in [0.05, 0.1) is 11.8 Å². The Labute approximate surface area is 124 Å². The Morgan fingerprint density at radius 3 is 2.55 bits per heavy atom. The van der Waals surface area contributed by atoms with Crippen molar-refractivity contribution in [2.75, 3.05) is 6.54 Å². The molecule has 1 heterocycles. The van der Waals surface area contributed by atoms with Gasteiger partial charge in [-0.15, -0.1) is 0 Å². The SMILES string of the molecule is c1ccc(C2CN=C(NC3C4C5CCC(C5)C34)S2)cc1. The van der Waals surface area contributed by atoms with E-state index < -0.39 is 0 Å². The molecule has 3 heteroatoms. The summed E-state index contributed by atoms with van der Waals surface area (Å²) in [5.41, 5.74) is 1.41. The predicted molar refractivity (Wildman–Crippen MR) is 83.8 cm³/mol. The number of nitrogens with zero attached hydrogens (tertiary/aromatic N) is 1. The molecule has 4 aliphatic rings. The van der Waals surface area contributed by atoms with Crippen molar-refractivity contribution in [2.24, 2.45) is 28.7 Å². The van der Waals surface area contributed by atoms with E-state index in [0.29, 0.717) is 5.25 Å². The molecular weight excluding hydrogens is 264 g/mol. The van der Waals surface area contributed by atoms with E-state index >= 15 is 0 Å². The molecule has 5 atom stereocenters. The number of nitrogens with one attached hydrogen (secondary N) is 1. The quantitative estimate of drug-likeness (QED) is 0.899. The highest BCUT2D eigenvalue weighted by molar-refractivity contribution is 8.14. The smallest absolute Gasteiger partial charge is 0.157 e. The Morgan fingerprint density at radius 1 is 1.05 bits per heavy atom. The Hall–Kier alpha value is -0.960. The van der Waals surface area contributed by atoms with E-state index in [9.17, 15) is 0 Å². The molecule has 104 valence electrons. The lowest BCUT2D eigenvalue weighted by molar-refractivity contribution is 0.456. The van der Waals surface area contributed by atoms with Crippen molar-refractivity contribution in [2.45, 2.75) is 30.6 Å². The zero-order valence-corrected chi connectivity index (χ0v) is 12.4. The summed E-state index contributed by atoms with van der Waals surface area (Å²) in [4.78, 5) is 4.74. The largest absolute Gasteiger partial charge is 0.362 e. The van der Waals surface area contributed by atoms with Gasteiger partial charge >= 0.3 is 0 Å². The van der Waals surface area contributed by atoms with Crippen molar-refractivity contribution in [3.05, 3.63) is 35.9 Å². The summed E-state index contributed by atoms with van der Waals surface area (Å²) >= 11 is 1.93. The minimum atomic E-state index is 0.522. The summed E-state index contributed by atoms with van der Waals surface area (Å²) in [6, 6.07) is 11.6. The lowest BCUT2D eigenvalue weighted by Gasteiger charge is -2.12. The number of hydrogen-bond donors (Lipinski definition) is 1. The number of aliphatic imine (C=N–C) groups is 1. The average molecular weight is 284 g/mol. The van der Waals surface area contributed by atoms with E-state index in [1.54, 1.807) is 0 Å². The lowest BCUT2D eigenvalue weighted by Crippen LogP contribution is -2.26. The number of amidine groups is 1. The van der Waals surface area contributed by atoms with Gasteiger partial charge in [-0.2, -0.15) is 0 Å². The molecule has 3 aliphatic carbocycles. The highest BCUT2D eigenvalue weighted by atomic mass is 32.2. The van der Waals surface area contributed by atoms with Crippen LogP contribution in [0.2, 0.25) is 0 Å². The molecule has 2 nitrogen and oxygen atoms in total. The van der Waals surface area contributed by atoms with Gasteiger partial charge in [0.2, 0.25) is 0 Å². The van der Waals surface area contributed by atoms with Crippen LogP contribution < -0.4 is 5.32 Å². The van der Waals surface area contributed by atoms with Gasteiger partial charge in [-0.1, -0.05) is 42.1 Å². The number of thioether (sulfide) groups is 1. The first-order valence-corrected chi connectivity index (χ1v) is 8.81. The molecule has 1 aromatic rings. The third-order valence-corrected chi connectivity index (χ3v) is 7.03. The molecule has 2 bridgehead atoms. The summed E-state index contributed by atoms with van der Waals surface area (Å²) < 4.78 is 0. The van der Waals surface area contributed by atoms with Crippen LogP contribution in [0.25, 0.3) is 0 Å². The fourth-order valence-electron chi connectivity index (χ4n) is 4.96. The molecule has 1 aromatic carbocycles. The van der Waals surface area contributed by atoms with Crippen LogP contribution in [0.1, 0.15) is 30.1 Å². The van der Waals surface area contributed by atoms with Gasteiger partial charge in [-0.25, -0.2) is 0 Å². The lowest BCUT2D eigenvalue weighted by atomic mass is 10.0. The summed E-state index contributed by atoms with van der Waals surface area (Å²) in [5.74, 6) is 4.07. The Balaban J connectivity index is 1.23. The maximum absolute atomic E-state index is 4.74. The van der Waals surface area contributed by atoms with E-state index in [1.807, 2.05) is 11.8 Å². The molecule has 3 fully saturated rings. The molecule has 0 saturated heterocycles. The number of benzene rings is 1. The fraction of sp³-hybridized carbons (Fsp3) is 0.588. The topological polar surface area (TPSA) is 24.4 Å². The van der Waals surface area contributed by atoms with Crippen molar-refractivity contribution < 1.29 is 0 Å². The highest BCUT2D eigenvalue weighted by Crippen LogP contribution is 2.65. The first-order valence-electron chi connectivity index (χ1n) is 7.93. The molecule has 5 rings (SSSR count). The Bertz CT molecular complexity index is 539. The van der Waals surface area contributed by atoms with Crippen LogP contribution >= 0.6 is 11.8 Å². The summed E-state index contributed by atoms with van der Waals surface area (Å²) in [5, 5.41) is 5.50. The predicted octanol–water partition coefficient (Wildman–Crippen LogP) is 3.46. The Kier molecular flexibility index (Phi) is 2.49. The van der Waals surface area contributed by atoms with Crippen molar-refractivity contribution in [1.29, 1.82) is 0 Å². The van der Waals surface area contributed by atoms with E-state index in [1.165, 1.54) is 30.0 Å². The van der Waals surface area contributed by atoms with Crippen LogP contribution in [0.3, 0.4) is 0 Å². The first kappa shape index (κ1) is 11.7. The zero-order chi connectivity index (χ0) is 13.1. The minimum absolute atomic E-state index is 0.522. The van der Waals surface area contributed by atoms with E-state index in [-0.39, 0.29) is 0 Å². The van der Waals surface area contributed by atoms with Gasteiger partial charge in [0.25, 0.3) is 0 Å². The van der Waals surface area contributed by atoms with Gasteiger partial charge in [-0.3, -0.25) is 4.99 Å². The zero-order valence-electron chi connectivity index (χ0n) is 11.5. The van der Waals surface area contributed by atoms with Gasteiger partial charge in [0.1, 0.15) is 0 Å². The molecule has 1 N–H and O–H groups in total. The monoisotopic (exact) mass is 284 g/mol. The Morgan fingerprint density at radius 2 is 1.80 bits per heavy atom. The molecule has 5 unspecified atom stereocenters. The molecular formula is C17H20N2S. The van der Waals surface area contributed by atoms with Crippen LogP contribution in [0, 0.1) is 23.7 Å². The van der Waals surface area contributed by atoms with Crippen LogP contribution in [0.5, 0.6) is 0 Å². The van der Waals surface area contributed by atoms with Crippen LogP contribution in [-0.2, 0) is 0 Å². The van der Waals surface area contributed by atoms with Crippen molar-refractivity contribution in [3.63, 3.8) is 0 Å². The van der Waals surface area contributed by atoms with E-state index in [0.717, 1.165) is 36.3 Å². The molecule has 0 aromatic heterocycles. The second kappa shape index (κ2) is 4.27. The van der Waals surface area contributed by atoms with Crippen molar-refractivity contribution >= 4 is 16.9 Å². The van der Waals surface area contributed by atoms with Gasteiger partial charge in [0.15, 0.2) is 5.17 Å². The van der Waals surface area contributed by atoms with Crippen LogP contribution in [-0.4, -0.2) is 17.8 Å². The third-order valence-electron chi connectivity index (χ3n) is 5.85. The van der Waals surface area contributed by atoms with Crippen molar-refractivity contribution in [3.8, 4) is 0 Å². The minimum Gasteiger partial charge on any atom is -0.362 e. The van der Waals surface area contributed by atoms with Gasteiger partial charge in [-0.05, 0) is 48.5 Å². The summed E-state index contributed by atoms with van der Waals surface area (Å²) in [6.45, 7) is 0.936. The standard InChI is InChI=1S/C17H20N2S/c1-2-4-10(5-3-1)13-9-18-17(20-13)19-16-14-11-6-7-12(8-11)15(14)16/h1-5,11-16H,6-9H2,(H,18,19). The molecule has 0 radical (unpaired) electrons. The molecule has 3 saturated carbocycles. The average Bonchev–Trinajstić information content (AvgIpc) is 2.92. The maximum atomic E-state index is 4.74. The number of hydrogen-bond acceptors (Lipinski definition) is 3. The van der Waals surface area contributed by atoms with Gasteiger partial charge < -0.3 is 5.32 Å². The van der Waals surface area contributed by atoms with E-state index in [2.05, 4.69) is 35.6 Å². The summed E-state index contributed by atoms with van der Waals surface area (Å²) in [7, 11) is 0. The first-order chi connectivity index (χ1) is 9.90. The number of fused-ring (bicyclic) bond motifs is 5. The number of rotatable bonds is 2. The molecule has 0 amide bonds. The van der Waals surface area contributed by atoms with Crippen LogP contribution in [0.4, 0.5) is 0 Å². The molecule has 20 heavy (non-hydrogen) atoms. The van der Waals surface area contributed by atoms with E-state index in [4.69, 9.17) is 4.99 Å². The molecule has 1 aliphatic heterocycles. The fourth-order valence-corrected chi connectivity index (χ4v) is 6.02. The maximum Gasteiger partial charge on any atom is 0.157 e. The van der Waals surface area contributed by atoms with Crippen molar-refractivity contribution in [1.82, 2.24) is 5.32 Å². The van der Waals surface area contributed by atoms with Crippen LogP contribution in [0.15, 0.2) is 35.3 Å². The normalized spacial score (nSPS) is 44.3. The van der Waals surface area contributed by atoms with Gasteiger partial charge in [0, 0.05) is 6.04 Å². The highest BCUT2D eigenvalue weighted by Gasteiger charge is 2.65. The molecule has 0 spiro atoms.